The van der Waals surface area contributed by atoms with Crippen molar-refractivity contribution in [3.8, 4) is 0 Å². The van der Waals surface area contributed by atoms with Gasteiger partial charge in [-0.3, -0.25) is 9.59 Å². The van der Waals surface area contributed by atoms with Gasteiger partial charge in [0.25, 0.3) is 5.91 Å². The number of nitrogens with zero attached hydrogens (tertiary/aromatic N) is 2. The Morgan fingerprint density at radius 2 is 2.15 bits per heavy atom. The molecule has 0 saturated carbocycles. The van der Waals surface area contributed by atoms with Crippen molar-refractivity contribution in [1.82, 2.24) is 15.2 Å². The SMILES string of the molecule is O=C(NCCC(=O)N1CCC[C@@H](c2nc3ccccc3s2)C1)c1ccco1. The maximum Gasteiger partial charge on any atom is 0.286 e. The van der Waals surface area contributed by atoms with E-state index in [1.807, 2.05) is 23.1 Å². The zero-order valence-electron chi connectivity index (χ0n) is 14.9. The summed E-state index contributed by atoms with van der Waals surface area (Å²) in [7, 11) is 0. The minimum Gasteiger partial charge on any atom is -0.459 e. The quantitative estimate of drug-likeness (QED) is 0.733. The summed E-state index contributed by atoms with van der Waals surface area (Å²) >= 11 is 1.72. The number of para-hydroxylation sites is 1. The van der Waals surface area contributed by atoms with Crippen molar-refractivity contribution in [2.75, 3.05) is 19.6 Å². The molecule has 0 aliphatic carbocycles. The average molecular weight is 383 g/mol. The Labute approximate surface area is 161 Å². The molecule has 1 fully saturated rings. The number of benzene rings is 1. The molecule has 4 rings (SSSR count). The standard InChI is InChI=1S/C20H21N3O3S/c24-18(9-10-21-19(25)16-7-4-12-26-16)23-11-3-5-14(13-23)20-22-15-6-1-2-8-17(15)27-20/h1-2,4,6-8,12,14H,3,5,9-11,13H2,(H,21,25)/t14-/m1/s1. The maximum atomic E-state index is 12.5. The molecule has 0 unspecified atom stereocenters. The Bertz CT molecular complexity index is 902. The Kier molecular flexibility index (Phi) is 5.20. The second kappa shape index (κ2) is 7.92. The van der Waals surface area contributed by atoms with Crippen LogP contribution in [-0.4, -0.2) is 41.3 Å². The number of thiazole rings is 1. The molecule has 6 nitrogen and oxygen atoms in total. The molecule has 2 amide bonds. The number of amides is 2. The predicted molar refractivity (Wildman–Crippen MR) is 104 cm³/mol. The van der Waals surface area contributed by atoms with E-state index < -0.39 is 0 Å². The molecule has 1 saturated heterocycles. The molecule has 7 heteroatoms. The van der Waals surface area contributed by atoms with Crippen LogP contribution < -0.4 is 5.32 Å². The Hall–Kier alpha value is -2.67. The van der Waals surface area contributed by atoms with E-state index in [0.717, 1.165) is 29.9 Å². The Morgan fingerprint density at radius 1 is 1.26 bits per heavy atom. The number of furan rings is 1. The highest BCUT2D eigenvalue weighted by Crippen LogP contribution is 2.33. The number of carbonyl (C=O) groups is 2. The van der Waals surface area contributed by atoms with Gasteiger partial charge in [0, 0.05) is 32.0 Å². The van der Waals surface area contributed by atoms with Crippen molar-refractivity contribution in [3.63, 3.8) is 0 Å². The monoisotopic (exact) mass is 383 g/mol. The van der Waals surface area contributed by atoms with Crippen LogP contribution in [0.4, 0.5) is 0 Å². The highest BCUT2D eigenvalue weighted by Gasteiger charge is 2.26. The fourth-order valence-corrected chi connectivity index (χ4v) is 4.50. The van der Waals surface area contributed by atoms with Crippen LogP contribution in [0.25, 0.3) is 10.2 Å². The molecule has 2 aromatic heterocycles. The summed E-state index contributed by atoms with van der Waals surface area (Å²) in [6, 6.07) is 11.4. The third-order valence-corrected chi connectivity index (χ3v) is 6.00. The average Bonchev–Trinajstić information content (AvgIpc) is 3.37. The molecule has 140 valence electrons. The second-order valence-electron chi connectivity index (χ2n) is 6.68. The van der Waals surface area contributed by atoms with Crippen LogP contribution in [0.2, 0.25) is 0 Å². The van der Waals surface area contributed by atoms with Gasteiger partial charge < -0.3 is 14.6 Å². The lowest BCUT2D eigenvalue weighted by Gasteiger charge is -2.32. The van der Waals surface area contributed by atoms with Gasteiger partial charge in [-0.2, -0.15) is 0 Å². The summed E-state index contributed by atoms with van der Waals surface area (Å²) in [6.07, 6.45) is 3.78. The van der Waals surface area contributed by atoms with Gasteiger partial charge >= 0.3 is 0 Å². The van der Waals surface area contributed by atoms with Crippen LogP contribution in [0.5, 0.6) is 0 Å². The number of hydrogen-bond donors (Lipinski definition) is 1. The maximum absolute atomic E-state index is 12.5. The largest absolute Gasteiger partial charge is 0.459 e. The zero-order chi connectivity index (χ0) is 18.6. The summed E-state index contributed by atoms with van der Waals surface area (Å²) in [6.45, 7) is 1.78. The predicted octanol–water partition coefficient (Wildman–Crippen LogP) is 3.42. The molecule has 1 N–H and O–H groups in total. The number of piperidine rings is 1. The van der Waals surface area contributed by atoms with E-state index in [4.69, 9.17) is 9.40 Å². The van der Waals surface area contributed by atoms with E-state index in [1.54, 1.807) is 23.5 Å². The molecule has 0 bridgehead atoms. The molecule has 3 aromatic rings. The lowest BCUT2D eigenvalue weighted by atomic mass is 9.98. The van der Waals surface area contributed by atoms with Crippen LogP contribution in [0, 0.1) is 0 Å². The van der Waals surface area contributed by atoms with E-state index >= 15 is 0 Å². The summed E-state index contributed by atoms with van der Waals surface area (Å²) in [5.74, 6) is 0.327. The lowest BCUT2D eigenvalue weighted by Crippen LogP contribution is -2.40. The number of fused-ring (bicyclic) bond motifs is 1. The molecule has 1 aliphatic rings. The van der Waals surface area contributed by atoms with Crippen LogP contribution in [-0.2, 0) is 4.79 Å². The smallest absolute Gasteiger partial charge is 0.286 e. The lowest BCUT2D eigenvalue weighted by molar-refractivity contribution is -0.132. The van der Waals surface area contributed by atoms with E-state index in [-0.39, 0.29) is 23.5 Å². The van der Waals surface area contributed by atoms with Gasteiger partial charge in [-0.1, -0.05) is 12.1 Å². The highest BCUT2D eigenvalue weighted by atomic mass is 32.1. The minimum atomic E-state index is -0.293. The number of likely N-dealkylation sites (tertiary alicyclic amines) is 1. The third kappa shape index (κ3) is 4.03. The number of hydrogen-bond acceptors (Lipinski definition) is 5. The number of rotatable bonds is 5. The van der Waals surface area contributed by atoms with E-state index in [9.17, 15) is 9.59 Å². The molecule has 1 atom stereocenters. The zero-order valence-corrected chi connectivity index (χ0v) is 15.7. The van der Waals surface area contributed by atoms with Gasteiger partial charge in [0.1, 0.15) is 0 Å². The van der Waals surface area contributed by atoms with Crippen LogP contribution in [0.15, 0.2) is 47.1 Å². The van der Waals surface area contributed by atoms with Crippen LogP contribution >= 0.6 is 11.3 Å². The Balaban J connectivity index is 1.32. The first kappa shape index (κ1) is 17.7. The minimum absolute atomic E-state index is 0.0700. The number of nitrogens with one attached hydrogen (secondary N) is 1. The molecular formula is C20H21N3O3S. The van der Waals surface area contributed by atoms with Gasteiger partial charge in [0.05, 0.1) is 21.5 Å². The van der Waals surface area contributed by atoms with Gasteiger partial charge in [0.15, 0.2) is 5.76 Å². The summed E-state index contributed by atoms with van der Waals surface area (Å²) in [5.41, 5.74) is 1.03. The van der Waals surface area contributed by atoms with Crippen molar-refractivity contribution in [2.24, 2.45) is 0 Å². The molecule has 27 heavy (non-hydrogen) atoms. The highest BCUT2D eigenvalue weighted by molar-refractivity contribution is 7.18. The first-order valence-corrected chi connectivity index (χ1v) is 9.97. The summed E-state index contributed by atoms with van der Waals surface area (Å²) < 4.78 is 6.24. The van der Waals surface area contributed by atoms with Crippen LogP contribution in [0.1, 0.15) is 40.7 Å². The summed E-state index contributed by atoms with van der Waals surface area (Å²) in [4.78, 5) is 31.1. The number of carbonyl (C=O) groups excluding carboxylic acids is 2. The molecule has 1 aromatic carbocycles. The van der Waals surface area contributed by atoms with E-state index in [2.05, 4.69) is 11.4 Å². The van der Waals surface area contributed by atoms with Gasteiger partial charge in [-0.25, -0.2) is 4.98 Å². The van der Waals surface area contributed by atoms with Gasteiger partial charge in [-0.15, -0.1) is 11.3 Å². The van der Waals surface area contributed by atoms with Crippen molar-refractivity contribution < 1.29 is 14.0 Å². The topological polar surface area (TPSA) is 75.4 Å². The van der Waals surface area contributed by atoms with Crippen LogP contribution in [0.3, 0.4) is 0 Å². The van der Waals surface area contributed by atoms with Gasteiger partial charge in [-0.05, 0) is 37.1 Å². The van der Waals surface area contributed by atoms with E-state index in [0.29, 0.717) is 19.5 Å². The van der Waals surface area contributed by atoms with Crippen molar-refractivity contribution in [3.05, 3.63) is 53.4 Å². The second-order valence-corrected chi connectivity index (χ2v) is 7.74. The normalized spacial score (nSPS) is 17.2. The molecule has 1 aliphatic heterocycles. The fourth-order valence-electron chi connectivity index (χ4n) is 3.41. The van der Waals surface area contributed by atoms with Gasteiger partial charge in [0.2, 0.25) is 5.91 Å². The first-order chi connectivity index (χ1) is 13.2. The molecule has 3 heterocycles. The van der Waals surface area contributed by atoms with E-state index in [1.165, 1.54) is 11.0 Å². The molecule has 0 radical (unpaired) electrons. The van der Waals surface area contributed by atoms with Crippen molar-refractivity contribution >= 4 is 33.4 Å². The van der Waals surface area contributed by atoms with Crippen molar-refractivity contribution in [1.29, 1.82) is 0 Å². The fraction of sp³-hybridized carbons (Fsp3) is 0.350. The summed E-state index contributed by atoms with van der Waals surface area (Å²) in [5, 5.41) is 3.84. The van der Waals surface area contributed by atoms with Crippen molar-refractivity contribution in [2.45, 2.75) is 25.2 Å². The Morgan fingerprint density at radius 3 is 2.96 bits per heavy atom. The molecule has 0 spiro atoms. The first-order valence-electron chi connectivity index (χ1n) is 9.15. The molecular weight excluding hydrogens is 362 g/mol. The number of aromatic nitrogens is 1. The third-order valence-electron chi connectivity index (χ3n) is 4.80.